The summed E-state index contributed by atoms with van der Waals surface area (Å²) in [5.74, 6) is 1.29. The molecule has 1 saturated heterocycles. The molecule has 0 spiro atoms. The van der Waals surface area contributed by atoms with Gasteiger partial charge in [-0.2, -0.15) is 0 Å². The normalized spacial score (nSPS) is 25.1. The number of piperazine rings is 1. The molecule has 94 valence electrons. The SMILES string of the molecule is Cc1cc(C)c(C(=O)N2CCNC(C)C2C)o1. The number of hydrogen-bond acceptors (Lipinski definition) is 3. The quantitative estimate of drug-likeness (QED) is 0.807. The van der Waals surface area contributed by atoms with Crippen LogP contribution in [0, 0.1) is 13.8 Å². The van der Waals surface area contributed by atoms with Crippen molar-refractivity contribution in [1.29, 1.82) is 0 Å². The Labute approximate surface area is 102 Å². The van der Waals surface area contributed by atoms with Gasteiger partial charge >= 0.3 is 0 Å². The summed E-state index contributed by atoms with van der Waals surface area (Å²) in [7, 11) is 0. The number of carbonyl (C=O) groups is 1. The Kier molecular flexibility index (Phi) is 3.24. The second-order valence-electron chi connectivity index (χ2n) is 4.85. The molecule has 1 fully saturated rings. The Balaban J connectivity index is 2.22. The third-order valence-electron chi connectivity index (χ3n) is 3.53. The van der Waals surface area contributed by atoms with Crippen LogP contribution in [0.3, 0.4) is 0 Å². The zero-order valence-corrected chi connectivity index (χ0v) is 10.9. The highest BCUT2D eigenvalue weighted by Gasteiger charge is 2.31. The minimum atomic E-state index is 0.0106. The molecule has 1 aliphatic rings. The van der Waals surface area contributed by atoms with E-state index in [1.54, 1.807) is 0 Å². The van der Waals surface area contributed by atoms with Crippen molar-refractivity contribution in [3.05, 3.63) is 23.2 Å². The lowest BCUT2D eigenvalue weighted by Crippen LogP contribution is -2.57. The standard InChI is InChI=1S/C13H20N2O2/c1-8-7-9(2)17-12(8)13(16)15-6-5-14-10(3)11(15)4/h7,10-11,14H,5-6H2,1-4H3. The van der Waals surface area contributed by atoms with Crippen molar-refractivity contribution in [2.24, 2.45) is 0 Å². The second kappa shape index (κ2) is 4.53. The molecule has 0 saturated carbocycles. The van der Waals surface area contributed by atoms with Crippen molar-refractivity contribution < 1.29 is 9.21 Å². The van der Waals surface area contributed by atoms with E-state index in [1.807, 2.05) is 24.8 Å². The van der Waals surface area contributed by atoms with Crippen LogP contribution in [0.1, 0.15) is 35.7 Å². The maximum atomic E-state index is 12.4. The van der Waals surface area contributed by atoms with Crippen molar-refractivity contribution in [2.75, 3.05) is 13.1 Å². The van der Waals surface area contributed by atoms with Crippen molar-refractivity contribution in [3.63, 3.8) is 0 Å². The molecule has 1 aromatic heterocycles. The lowest BCUT2D eigenvalue weighted by Gasteiger charge is -2.38. The highest BCUT2D eigenvalue weighted by Crippen LogP contribution is 2.19. The molecule has 1 amide bonds. The fraction of sp³-hybridized carbons (Fsp3) is 0.615. The molecule has 0 aromatic carbocycles. The molecule has 2 atom stereocenters. The summed E-state index contributed by atoms with van der Waals surface area (Å²) in [4.78, 5) is 14.3. The predicted octanol–water partition coefficient (Wildman–Crippen LogP) is 1.72. The summed E-state index contributed by atoms with van der Waals surface area (Å²) in [5, 5.41) is 3.36. The summed E-state index contributed by atoms with van der Waals surface area (Å²) in [6.07, 6.45) is 0. The first-order chi connectivity index (χ1) is 8.00. The zero-order valence-electron chi connectivity index (χ0n) is 10.9. The number of aryl methyl sites for hydroxylation is 2. The number of carbonyl (C=O) groups excluding carboxylic acids is 1. The molecule has 2 heterocycles. The third kappa shape index (κ3) is 2.22. The van der Waals surface area contributed by atoms with Crippen LogP contribution < -0.4 is 5.32 Å². The van der Waals surface area contributed by atoms with E-state index in [2.05, 4.69) is 19.2 Å². The largest absolute Gasteiger partial charge is 0.456 e. The Bertz CT molecular complexity index is 425. The first-order valence-electron chi connectivity index (χ1n) is 6.12. The van der Waals surface area contributed by atoms with Gasteiger partial charge in [0.1, 0.15) is 5.76 Å². The molecule has 1 aromatic rings. The lowest BCUT2D eigenvalue weighted by atomic mass is 10.1. The number of hydrogen-bond donors (Lipinski definition) is 1. The molecule has 2 rings (SSSR count). The molecule has 0 aliphatic carbocycles. The summed E-state index contributed by atoms with van der Waals surface area (Å²) < 4.78 is 5.50. The van der Waals surface area contributed by atoms with E-state index in [1.165, 1.54) is 0 Å². The van der Waals surface area contributed by atoms with Crippen LogP contribution in [-0.4, -0.2) is 36.0 Å². The van der Waals surface area contributed by atoms with Crippen LogP contribution in [0.2, 0.25) is 0 Å². The molecule has 1 N–H and O–H groups in total. The van der Waals surface area contributed by atoms with E-state index in [4.69, 9.17) is 4.42 Å². The highest BCUT2D eigenvalue weighted by molar-refractivity contribution is 5.93. The van der Waals surface area contributed by atoms with E-state index in [0.29, 0.717) is 11.8 Å². The van der Waals surface area contributed by atoms with Gasteiger partial charge in [0.2, 0.25) is 0 Å². The number of amides is 1. The lowest BCUT2D eigenvalue weighted by molar-refractivity contribution is 0.0568. The van der Waals surface area contributed by atoms with E-state index >= 15 is 0 Å². The van der Waals surface area contributed by atoms with Gasteiger partial charge < -0.3 is 14.6 Å². The average Bonchev–Trinajstić information content (AvgIpc) is 2.61. The second-order valence-corrected chi connectivity index (χ2v) is 4.85. The van der Waals surface area contributed by atoms with E-state index in [9.17, 15) is 4.79 Å². The molecular weight excluding hydrogens is 216 g/mol. The average molecular weight is 236 g/mol. The Morgan fingerprint density at radius 1 is 1.47 bits per heavy atom. The fourth-order valence-electron chi connectivity index (χ4n) is 2.33. The molecule has 0 radical (unpaired) electrons. The topological polar surface area (TPSA) is 45.5 Å². The van der Waals surface area contributed by atoms with E-state index in [-0.39, 0.29) is 11.9 Å². The number of furan rings is 1. The van der Waals surface area contributed by atoms with Crippen molar-refractivity contribution in [1.82, 2.24) is 10.2 Å². The summed E-state index contributed by atoms with van der Waals surface area (Å²) in [6.45, 7) is 9.54. The number of nitrogens with one attached hydrogen (secondary N) is 1. The number of rotatable bonds is 1. The molecule has 4 nitrogen and oxygen atoms in total. The van der Waals surface area contributed by atoms with Gasteiger partial charge in [-0.05, 0) is 33.8 Å². The minimum Gasteiger partial charge on any atom is -0.456 e. The number of nitrogens with zero attached hydrogens (tertiary/aromatic N) is 1. The van der Waals surface area contributed by atoms with Gasteiger partial charge in [0.05, 0.1) is 0 Å². The predicted molar refractivity (Wildman–Crippen MR) is 66.1 cm³/mol. The Hall–Kier alpha value is -1.29. The van der Waals surface area contributed by atoms with Crippen LogP contribution in [0.15, 0.2) is 10.5 Å². The van der Waals surface area contributed by atoms with Crippen molar-refractivity contribution >= 4 is 5.91 Å². The van der Waals surface area contributed by atoms with Gasteiger partial charge in [-0.25, -0.2) is 0 Å². The summed E-state index contributed by atoms with van der Waals surface area (Å²) in [5.41, 5.74) is 0.922. The maximum absolute atomic E-state index is 12.4. The van der Waals surface area contributed by atoms with Gasteiger partial charge in [0, 0.05) is 30.7 Å². The molecule has 4 heteroatoms. The van der Waals surface area contributed by atoms with Gasteiger partial charge in [0.25, 0.3) is 5.91 Å². The van der Waals surface area contributed by atoms with Gasteiger partial charge in [0.15, 0.2) is 5.76 Å². The van der Waals surface area contributed by atoms with Crippen LogP contribution >= 0.6 is 0 Å². The highest BCUT2D eigenvalue weighted by atomic mass is 16.4. The zero-order chi connectivity index (χ0) is 12.6. The molecule has 0 bridgehead atoms. The first-order valence-corrected chi connectivity index (χ1v) is 6.12. The smallest absolute Gasteiger partial charge is 0.290 e. The third-order valence-corrected chi connectivity index (χ3v) is 3.53. The Morgan fingerprint density at radius 3 is 2.76 bits per heavy atom. The van der Waals surface area contributed by atoms with Crippen LogP contribution in [0.4, 0.5) is 0 Å². The van der Waals surface area contributed by atoms with Crippen LogP contribution in [0.5, 0.6) is 0 Å². The monoisotopic (exact) mass is 236 g/mol. The van der Waals surface area contributed by atoms with E-state index < -0.39 is 0 Å². The first kappa shape index (κ1) is 12.2. The van der Waals surface area contributed by atoms with Gasteiger partial charge in [-0.15, -0.1) is 0 Å². The van der Waals surface area contributed by atoms with Gasteiger partial charge in [-0.1, -0.05) is 0 Å². The van der Waals surface area contributed by atoms with Crippen LogP contribution in [-0.2, 0) is 0 Å². The summed E-state index contributed by atoms with van der Waals surface area (Å²) >= 11 is 0. The van der Waals surface area contributed by atoms with Crippen molar-refractivity contribution in [3.8, 4) is 0 Å². The van der Waals surface area contributed by atoms with Crippen molar-refractivity contribution in [2.45, 2.75) is 39.8 Å². The Morgan fingerprint density at radius 2 is 2.18 bits per heavy atom. The van der Waals surface area contributed by atoms with Crippen LogP contribution in [0.25, 0.3) is 0 Å². The maximum Gasteiger partial charge on any atom is 0.290 e. The molecule has 1 aliphatic heterocycles. The van der Waals surface area contributed by atoms with E-state index in [0.717, 1.165) is 24.4 Å². The minimum absolute atomic E-state index is 0.0106. The summed E-state index contributed by atoms with van der Waals surface area (Å²) in [6, 6.07) is 2.42. The molecule has 17 heavy (non-hydrogen) atoms. The molecular formula is C13H20N2O2. The molecule has 2 unspecified atom stereocenters. The fourth-order valence-corrected chi connectivity index (χ4v) is 2.33. The van der Waals surface area contributed by atoms with Gasteiger partial charge in [-0.3, -0.25) is 4.79 Å².